The van der Waals surface area contributed by atoms with Gasteiger partial charge in [0.2, 0.25) is 5.91 Å². The van der Waals surface area contributed by atoms with Crippen LogP contribution in [-0.4, -0.2) is 42.4 Å². The number of piperazine rings is 1. The van der Waals surface area contributed by atoms with Gasteiger partial charge in [-0.15, -0.1) is 12.4 Å². The molecule has 1 heterocycles. The predicted octanol–water partition coefficient (Wildman–Crippen LogP) is 3.10. The third kappa shape index (κ3) is 5.57. The fourth-order valence-corrected chi connectivity index (χ4v) is 3.39. The number of halogens is 1. The van der Waals surface area contributed by atoms with Gasteiger partial charge in [-0.05, 0) is 31.5 Å². The molecule has 0 radical (unpaired) electrons. The number of hydrogen-bond donors (Lipinski definition) is 2. The van der Waals surface area contributed by atoms with Gasteiger partial charge in [0, 0.05) is 31.2 Å². The van der Waals surface area contributed by atoms with Gasteiger partial charge < -0.3 is 15.5 Å². The van der Waals surface area contributed by atoms with E-state index in [0.717, 1.165) is 24.2 Å². The monoisotopic (exact) mass is 401 g/mol. The fraction of sp³-hybridized carbons (Fsp3) is 0.364. The van der Waals surface area contributed by atoms with Gasteiger partial charge in [-0.2, -0.15) is 0 Å². The zero-order chi connectivity index (χ0) is 19.2. The highest BCUT2D eigenvalue weighted by Crippen LogP contribution is 2.20. The Morgan fingerprint density at radius 2 is 1.82 bits per heavy atom. The van der Waals surface area contributed by atoms with Crippen LogP contribution < -0.4 is 10.6 Å². The first-order valence-corrected chi connectivity index (χ1v) is 9.47. The van der Waals surface area contributed by atoms with E-state index < -0.39 is 0 Å². The number of carbonyl (C=O) groups excluding carboxylic acids is 2. The molecule has 2 amide bonds. The minimum absolute atomic E-state index is 0. The molecule has 1 fully saturated rings. The van der Waals surface area contributed by atoms with Crippen molar-refractivity contribution in [1.29, 1.82) is 0 Å². The van der Waals surface area contributed by atoms with Crippen molar-refractivity contribution in [1.82, 2.24) is 15.5 Å². The van der Waals surface area contributed by atoms with Crippen molar-refractivity contribution >= 4 is 24.2 Å². The lowest BCUT2D eigenvalue weighted by molar-refractivity contribution is -0.134. The lowest BCUT2D eigenvalue weighted by Gasteiger charge is -2.35. The van der Waals surface area contributed by atoms with E-state index in [4.69, 9.17) is 0 Å². The third-order valence-electron chi connectivity index (χ3n) is 5.02. The second-order valence-electron chi connectivity index (χ2n) is 7.15. The highest BCUT2D eigenvalue weighted by Gasteiger charge is 2.27. The van der Waals surface area contributed by atoms with Crippen LogP contribution in [0.5, 0.6) is 0 Å². The molecule has 0 aromatic heterocycles. The van der Waals surface area contributed by atoms with Crippen LogP contribution in [0.2, 0.25) is 0 Å². The van der Waals surface area contributed by atoms with Gasteiger partial charge >= 0.3 is 0 Å². The van der Waals surface area contributed by atoms with Crippen molar-refractivity contribution in [2.45, 2.75) is 32.4 Å². The van der Waals surface area contributed by atoms with Crippen LogP contribution in [0, 0.1) is 6.92 Å². The zero-order valence-corrected chi connectivity index (χ0v) is 17.2. The molecular weight excluding hydrogens is 374 g/mol. The summed E-state index contributed by atoms with van der Waals surface area (Å²) in [5.41, 5.74) is 2.65. The maximum Gasteiger partial charge on any atom is 0.251 e. The van der Waals surface area contributed by atoms with Crippen molar-refractivity contribution in [2.24, 2.45) is 0 Å². The highest BCUT2D eigenvalue weighted by atomic mass is 35.5. The molecule has 1 aliphatic heterocycles. The van der Waals surface area contributed by atoms with Crippen molar-refractivity contribution in [3.63, 3.8) is 0 Å². The number of carbonyl (C=O) groups is 2. The molecule has 2 N–H and O–H groups in total. The molecule has 0 spiro atoms. The summed E-state index contributed by atoms with van der Waals surface area (Å²) in [4.78, 5) is 27.5. The standard InChI is InChI=1S/C22H27N3O2.ClH/c1-16-8-10-19(11-9-16)22(27)24-20(18-6-4-3-5-7-18)14-21(26)25-13-12-23-15-17(25)2;/h3-11,17,20,23H,12-15H2,1-2H3,(H,24,27);1H/t17-,20?;/m0./s1. The Labute approximate surface area is 172 Å². The summed E-state index contributed by atoms with van der Waals surface area (Å²) in [6.07, 6.45) is 0.256. The van der Waals surface area contributed by atoms with Crippen LogP contribution in [0.1, 0.15) is 40.9 Å². The molecule has 6 heteroatoms. The van der Waals surface area contributed by atoms with Gasteiger partial charge in [0.05, 0.1) is 12.5 Å². The Morgan fingerprint density at radius 1 is 1.14 bits per heavy atom. The van der Waals surface area contributed by atoms with Gasteiger partial charge in [0.25, 0.3) is 5.91 Å². The molecular formula is C22H28ClN3O2. The van der Waals surface area contributed by atoms with Crippen molar-refractivity contribution < 1.29 is 9.59 Å². The summed E-state index contributed by atoms with van der Waals surface area (Å²) in [6.45, 7) is 6.35. The normalized spacial score (nSPS) is 17.4. The maximum absolute atomic E-state index is 12.9. The van der Waals surface area contributed by atoms with E-state index in [1.807, 2.05) is 73.3 Å². The SMILES string of the molecule is Cc1ccc(C(=O)NC(CC(=O)N2CCNC[C@@H]2C)c2ccccc2)cc1.Cl. The number of aryl methyl sites for hydroxylation is 1. The average molecular weight is 402 g/mol. The topological polar surface area (TPSA) is 61.4 Å². The summed E-state index contributed by atoms with van der Waals surface area (Å²) in [6, 6.07) is 17.0. The van der Waals surface area contributed by atoms with E-state index in [2.05, 4.69) is 10.6 Å². The van der Waals surface area contributed by atoms with E-state index >= 15 is 0 Å². The Kier molecular flexibility index (Phi) is 8.03. The average Bonchev–Trinajstić information content (AvgIpc) is 2.69. The summed E-state index contributed by atoms with van der Waals surface area (Å²) in [5, 5.41) is 6.35. The minimum atomic E-state index is -0.352. The van der Waals surface area contributed by atoms with Crippen LogP contribution in [0.15, 0.2) is 54.6 Å². The molecule has 0 saturated carbocycles. The van der Waals surface area contributed by atoms with Crippen LogP contribution in [-0.2, 0) is 4.79 Å². The molecule has 1 saturated heterocycles. The first-order chi connectivity index (χ1) is 13.0. The third-order valence-corrected chi connectivity index (χ3v) is 5.02. The number of rotatable bonds is 5. The Bertz CT molecular complexity index is 780. The van der Waals surface area contributed by atoms with Gasteiger partial charge in [0.15, 0.2) is 0 Å². The molecule has 5 nitrogen and oxygen atoms in total. The lowest BCUT2D eigenvalue weighted by Crippen LogP contribution is -2.52. The largest absolute Gasteiger partial charge is 0.345 e. The fourth-order valence-electron chi connectivity index (χ4n) is 3.39. The smallest absolute Gasteiger partial charge is 0.251 e. The molecule has 0 bridgehead atoms. The molecule has 0 aliphatic carbocycles. The Morgan fingerprint density at radius 3 is 2.46 bits per heavy atom. The first kappa shape index (κ1) is 21.9. The van der Waals surface area contributed by atoms with Crippen LogP contribution in [0.3, 0.4) is 0 Å². The molecule has 2 aromatic carbocycles. The molecule has 2 atom stereocenters. The second kappa shape index (κ2) is 10.2. The van der Waals surface area contributed by atoms with E-state index in [0.29, 0.717) is 12.1 Å². The number of hydrogen-bond acceptors (Lipinski definition) is 3. The first-order valence-electron chi connectivity index (χ1n) is 9.47. The van der Waals surface area contributed by atoms with Gasteiger partial charge in [0.1, 0.15) is 0 Å². The molecule has 1 aliphatic rings. The van der Waals surface area contributed by atoms with Crippen molar-refractivity contribution in [2.75, 3.05) is 19.6 Å². The number of amides is 2. The van der Waals surface area contributed by atoms with E-state index in [1.54, 1.807) is 0 Å². The predicted molar refractivity (Wildman–Crippen MR) is 114 cm³/mol. The van der Waals surface area contributed by atoms with Crippen molar-refractivity contribution in [3.05, 3.63) is 71.3 Å². The van der Waals surface area contributed by atoms with Crippen LogP contribution >= 0.6 is 12.4 Å². The number of nitrogens with zero attached hydrogens (tertiary/aromatic N) is 1. The van der Waals surface area contributed by atoms with Crippen LogP contribution in [0.4, 0.5) is 0 Å². The summed E-state index contributed by atoms with van der Waals surface area (Å²) >= 11 is 0. The Balaban J connectivity index is 0.00000280. The lowest BCUT2D eigenvalue weighted by atomic mass is 10.0. The molecule has 2 aromatic rings. The highest BCUT2D eigenvalue weighted by molar-refractivity contribution is 5.94. The van der Waals surface area contributed by atoms with Gasteiger partial charge in [-0.3, -0.25) is 9.59 Å². The molecule has 1 unspecified atom stereocenters. The number of nitrogens with one attached hydrogen (secondary N) is 2. The Hall–Kier alpha value is -2.37. The quantitative estimate of drug-likeness (QED) is 0.809. The molecule has 3 rings (SSSR count). The minimum Gasteiger partial charge on any atom is -0.345 e. The summed E-state index contributed by atoms with van der Waals surface area (Å²) < 4.78 is 0. The van der Waals surface area contributed by atoms with E-state index in [-0.39, 0.29) is 42.7 Å². The molecule has 150 valence electrons. The number of benzene rings is 2. The second-order valence-corrected chi connectivity index (χ2v) is 7.15. The van der Waals surface area contributed by atoms with Crippen LogP contribution in [0.25, 0.3) is 0 Å². The summed E-state index contributed by atoms with van der Waals surface area (Å²) in [5.74, 6) is -0.0907. The zero-order valence-electron chi connectivity index (χ0n) is 16.4. The molecule has 28 heavy (non-hydrogen) atoms. The maximum atomic E-state index is 12.9. The van der Waals surface area contributed by atoms with E-state index in [1.165, 1.54) is 0 Å². The van der Waals surface area contributed by atoms with Gasteiger partial charge in [-0.1, -0.05) is 48.0 Å². The van der Waals surface area contributed by atoms with Crippen molar-refractivity contribution in [3.8, 4) is 0 Å². The summed E-state index contributed by atoms with van der Waals surface area (Å²) in [7, 11) is 0. The van der Waals surface area contributed by atoms with Gasteiger partial charge in [-0.25, -0.2) is 0 Å². The van der Waals surface area contributed by atoms with E-state index in [9.17, 15) is 9.59 Å².